The summed E-state index contributed by atoms with van der Waals surface area (Å²) >= 11 is 0. The van der Waals surface area contributed by atoms with Gasteiger partial charge in [0.05, 0.1) is 11.8 Å². The first kappa shape index (κ1) is 12.9. The molecule has 14 heavy (non-hydrogen) atoms. The molecule has 6 heteroatoms. The van der Waals surface area contributed by atoms with Crippen LogP contribution in [0.15, 0.2) is 11.5 Å². The van der Waals surface area contributed by atoms with Crippen LogP contribution in [0.1, 0.15) is 1.43 Å². The van der Waals surface area contributed by atoms with Crippen molar-refractivity contribution in [2.75, 3.05) is 0 Å². The van der Waals surface area contributed by atoms with Crippen LogP contribution in [0.2, 0.25) is 0 Å². The van der Waals surface area contributed by atoms with Gasteiger partial charge in [0.25, 0.3) is 0 Å². The van der Waals surface area contributed by atoms with Crippen molar-refractivity contribution in [3.8, 4) is 0 Å². The van der Waals surface area contributed by atoms with Crippen LogP contribution in [0.4, 0.5) is 0 Å². The van der Waals surface area contributed by atoms with Crippen molar-refractivity contribution in [1.82, 2.24) is 0 Å². The van der Waals surface area contributed by atoms with Gasteiger partial charge in [-0.2, -0.15) is 0 Å². The van der Waals surface area contributed by atoms with Crippen molar-refractivity contribution in [2.24, 2.45) is 17.8 Å². The van der Waals surface area contributed by atoms with E-state index in [0.29, 0.717) is 18.9 Å². The summed E-state index contributed by atoms with van der Waals surface area (Å²) in [5.41, 5.74) is 0. The van der Waals surface area contributed by atoms with Crippen LogP contribution in [0.5, 0.6) is 0 Å². The maximum atomic E-state index is 10.5. The molecule has 1 aliphatic carbocycles. The van der Waals surface area contributed by atoms with Crippen LogP contribution >= 0.6 is 0 Å². The van der Waals surface area contributed by atoms with Crippen molar-refractivity contribution < 1.29 is 44.9 Å². The van der Waals surface area contributed by atoms with Gasteiger partial charge < -0.3 is 26.0 Å². The van der Waals surface area contributed by atoms with Crippen molar-refractivity contribution >= 4 is 18.9 Å². The predicted molar refractivity (Wildman–Crippen MR) is 42.1 cm³/mol. The number of aliphatic hydroxyl groups excluding tert-OH is 2. The van der Waals surface area contributed by atoms with Gasteiger partial charge in [0, 0.05) is 5.92 Å². The first-order valence-corrected chi connectivity index (χ1v) is 3.65. The number of allylic oxidation sites excluding steroid dienone is 2. The molecule has 0 aliphatic heterocycles. The molecule has 0 aromatic carbocycles. The molecular formula is C8H9LiO5. The molecule has 0 radical (unpaired) electrons. The molecule has 0 spiro atoms. The summed E-state index contributed by atoms with van der Waals surface area (Å²) in [6, 6.07) is 0. The number of rotatable bonds is 3. The monoisotopic (exact) mass is 192 g/mol. The SMILES string of the molecule is O=CC1C(O)=C(O)C(C=O)C1C=O.[H-].[Li+]. The summed E-state index contributed by atoms with van der Waals surface area (Å²) in [6.07, 6.45) is 1.07. The smallest absolute Gasteiger partial charge is 1.00 e. The number of carbonyl (C=O) groups excluding carboxylic acids is 3. The van der Waals surface area contributed by atoms with E-state index in [1.807, 2.05) is 0 Å². The normalized spacial score (nSPS) is 30.7. The Morgan fingerprint density at radius 2 is 1.29 bits per heavy atom. The van der Waals surface area contributed by atoms with E-state index in [1.165, 1.54) is 0 Å². The second-order valence-corrected chi connectivity index (χ2v) is 2.81. The topological polar surface area (TPSA) is 91.7 Å². The van der Waals surface area contributed by atoms with E-state index in [0.717, 1.165) is 0 Å². The van der Waals surface area contributed by atoms with E-state index in [9.17, 15) is 14.4 Å². The molecular weight excluding hydrogens is 183 g/mol. The van der Waals surface area contributed by atoms with Gasteiger partial charge in [-0.15, -0.1) is 0 Å². The number of hydrogen-bond donors (Lipinski definition) is 2. The second kappa shape index (κ2) is 4.99. The average molecular weight is 192 g/mol. The molecule has 0 bridgehead atoms. The molecule has 5 nitrogen and oxygen atoms in total. The number of hydrogen-bond acceptors (Lipinski definition) is 5. The van der Waals surface area contributed by atoms with E-state index < -0.39 is 29.3 Å². The van der Waals surface area contributed by atoms with Gasteiger partial charge in [-0.25, -0.2) is 0 Å². The molecule has 2 unspecified atom stereocenters. The third-order valence-electron chi connectivity index (χ3n) is 2.17. The molecule has 72 valence electrons. The Morgan fingerprint density at radius 1 is 0.929 bits per heavy atom. The standard InChI is InChI=1S/C8H8O5.Li.H/c9-1-4-5(2-10)7(12)8(13)6(4)3-11;;/h1-6,12-13H;;/q;+1;-1. The first-order chi connectivity index (χ1) is 6.17. The van der Waals surface area contributed by atoms with E-state index in [1.54, 1.807) is 0 Å². The molecule has 0 saturated carbocycles. The van der Waals surface area contributed by atoms with Gasteiger partial charge in [0.1, 0.15) is 30.4 Å². The molecule has 0 aromatic heterocycles. The fourth-order valence-corrected chi connectivity index (χ4v) is 1.41. The second-order valence-electron chi connectivity index (χ2n) is 2.81. The van der Waals surface area contributed by atoms with Crippen molar-refractivity contribution in [3.05, 3.63) is 11.5 Å². The van der Waals surface area contributed by atoms with Crippen LogP contribution in [-0.4, -0.2) is 29.1 Å². The van der Waals surface area contributed by atoms with Gasteiger partial charge >= 0.3 is 18.9 Å². The zero-order valence-corrected chi connectivity index (χ0v) is 7.58. The molecule has 2 N–H and O–H groups in total. The molecule has 0 saturated heterocycles. The van der Waals surface area contributed by atoms with Gasteiger partial charge in [-0.3, -0.25) is 0 Å². The average Bonchev–Trinajstić information content (AvgIpc) is 2.38. The first-order valence-electron chi connectivity index (χ1n) is 3.65. The quantitative estimate of drug-likeness (QED) is 0.365. The van der Waals surface area contributed by atoms with Crippen LogP contribution in [0.3, 0.4) is 0 Å². The Kier molecular flexibility index (Phi) is 4.61. The third kappa shape index (κ3) is 1.74. The van der Waals surface area contributed by atoms with Crippen molar-refractivity contribution in [2.45, 2.75) is 0 Å². The van der Waals surface area contributed by atoms with Gasteiger partial charge in [-0.1, -0.05) is 0 Å². The fourth-order valence-electron chi connectivity index (χ4n) is 1.41. The number of aldehydes is 3. The zero-order chi connectivity index (χ0) is 10.0. The summed E-state index contributed by atoms with van der Waals surface area (Å²) in [7, 11) is 0. The van der Waals surface area contributed by atoms with Crippen molar-refractivity contribution in [1.29, 1.82) is 0 Å². The third-order valence-corrected chi connectivity index (χ3v) is 2.17. The fraction of sp³-hybridized carbons (Fsp3) is 0.375. The predicted octanol–water partition coefficient (Wildman–Crippen LogP) is -3.11. The molecule has 2 atom stereocenters. The number of aliphatic hydroxyl groups is 2. The number of carbonyl (C=O) groups is 3. The Labute approximate surface area is 93.5 Å². The maximum absolute atomic E-state index is 10.5. The van der Waals surface area contributed by atoms with Crippen LogP contribution in [0, 0.1) is 17.8 Å². The summed E-state index contributed by atoms with van der Waals surface area (Å²) in [6.45, 7) is 0. The Hall–Kier alpha value is -1.05. The van der Waals surface area contributed by atoms with Gasteiger partial charge in [0.15, 0.2) is 0 Å². The van der Waals surface area contributed by atoms with Crippen LogP contribution in [-0.2, 0) is 14.4 Å². The molecule has 0 amide bonds. The van der Waals surface area contributed by atoms with Crippen LogP contribution in [0.25, 0.3) is 0 Å². The van der Waals surface area contributed by atoms with E-state index in [-0.39, 0.29) is 20.3 Å². The minimum absolute atomic E-state index is 0. The minimum Gasteiger partial charge on any atom is -1.00 e. The Balaban J connectivity index is 0. The molecule has 0 fully saturated rings. The Bertz CT molecular complexity index is 267. The maximum Gasteiger partial charge on any atom is 1.00 e. The largest absolute Gasteiger partial charge is 1.00 e. The van der Waals surface area contributed by atoms with E-state index >= 15 is 0 Å². The molecule has 1 rings (SSSR count). The van der Waals surface area contributed by atoms with Gasteiger partial charge in [-0.05, 0) is 0 Å². The Morgan fingerprint density at radius 3 is 1.50 bits per heavy atom. The van der Waals surface area contributed by atoms with Gasteiger partial charge in [0.2, 0.25) is 0 Å². The van der Waals surface area contributed by atoms with Crippen molar-refractivity contribution in [3.63, 3.8) is 0 Å². The summed E-state index contributed by atoms with van der Waals surface area (Å²) in [5.74, 6) is -4.32. The minimum atomic E-state index is -1.09. The summed E-state index contributed by atoms with van der Waals surface area (Å²) < 4.78 is 0. The van der Waals surface area contributed by atoms with E-state index in [2.05, 4.69) is 0 Å². The molecule has 0 heterocycles. The van der Waals surface area contributed by atoms with E-state index in [4.69, 9.17) is 10.2 Å². The summed E-state index contributed by atoms with van der Waals surface area (Å²) in [5, 5.41) is 18.3. The zero-order valence-electron chi connectivity index (χ0n) is 8.58. The molecule has 1 aliphatic rings. The molecule has 0 aromatic rings. The van der Waals surface area contributed by atoms with Crippen LogP contribution < -0.4 is 18.9 Å². The summed E-state index contributed by atoms with van der Waals surface area (Å²) in [4.78, 5) is 31.3.